The molecular formula is C12H18N2O2S. The van der Waals surface area contributed by atoms with E-state index in [9.17, 15) is 4.79 Å². The number of aryl methyl sites for hydroxylation is 1. The van der Waals surface area contributed by atoms with Crippen molar-refractivity contribution in [1.29, 1.82) is 0 Å². The van der Waals surface area contributed by atoms with Crippen LogP contribution in [-0.2, 0) is 4.79 Å². The van der Waals surface area contributed by atoms with E-state index in [1.54, 1.807) is 11.8 Å². The number of hydrogen-bond acceptors (Lipinski definition) is 4. The largest absolute Gasteiger partial charge is 0.466 e. The Bertz CT molecular complexity index is 405. The van der Waals surface area contributed by atoms with Gasteiger partial charge in [-0.05, 0) is 25.3 Å². The molecule has 17 heavy (non-hydrogen) atoms. The van der Waals surface area contributed by atoms with Gasteiger partial charge in [0, 0.05) is 19.1 Å². The zero-order valence-electron chi connectivity index (χ0n) is 10.2. The van der Waals surface area contributed by atoms with Crippen molar-refractivity contribution in [2.45, 2.75) is 18.9 Å². The number of carbonyl (C=O) groups excluding carboxylic acids is 1. The highest BCUT2D eigenvalue weighted by Gasteiger charge is 2.35. The number of thioether (sulfide) groups is 1. The lowest BCUT2D eigenvalue weighted by Crippen LogP contribution is -2.33. The highest BCUT2D eigenvalue weighted by atomic mass is 32.2. The van der Waals surface area contributed by atoms with Gasteiger partial charge in [-0.2, -0.15) is 11.8 Å². The van der Waals surface area contributed by atoms with Crippen LogP contribution in [-0.4, -0.2) is 41.9 Å². The van der Waals surface area contributed by atoms with Crippen LogP contribution in [0.5, 0.6) is 0 Å². The third-order valence-electron chi connectivity index (χ3n) is 3.11. The molecule has 2 heterocycles. The van der Waals surface area contributed by atoms with Crippen LogP contribution in [0.4, 0.5) is 0 Å². The number of nitrogens with zero attached hydrogens (tertiary/aromatic N) is 1. The SMILES string of the molecule is CSCC(=O)N1C[C@@H](N)[C@H](c2ccc(C)o2)C1. The number of furan rings is 1. The van der Waals surface area contributed by atoms with Gasteiger partial charge in [0.2, 0.25) is 5.91 Å². The summed E-state index contributed by atoms with van der Waals surface area (Å²) in [7, 11) is 0. The van der Waals surface area contributed by atoms with Crippen LogP contribution in [0, 0.1) is 6.92 Å². The fraction of sp³-hybridized carbons (Fsp3) is 0.583. The first-order valence-corrected chi connectivity index (χ1v) is 7.10. The van der Waals surface area contributed by atoms with E-state index in [0.29, 0.717) is 18.8 Å². The van der Waals surface area contributed by atoms with Gasteiger partial charge in [0.05, 0.1) is 11.7 Å². The first kappa shape index (κ1) is 12.5. The molecule has 1 amide bonds. The minimum atomic E-state index is -0.0219. The van der Waals surface area contributed by atoms with Crippen molar-refractivity contribution in [2.24, 2.45) is 5.73 Å². The molecule has 5 heteroatoms. The summed E-state index contributed by atoms with van der Waals surface area (Å²) in [4.78, 5) is 13.6. The third kappa shape index (κ3) is 2.66. The van der Waals surface area contributed by atoms with Gasteiger partial charge >= 0.3 is 0 Å². The van der Waals surface area contributed by atoms with Gasteiger partial charge in [0.25, 0.3) is 0 Å². The fourth-order valence-electron chi connectivity index (χ4n) is 2.20. The molecule has 0 spiro atoms. The number of carbonyl (C=O) groups is 1. The highest BCUT2D eigenvalue weighted by Crippen LogP contribution is 2.28. The summed E-state index contributed by atoms with van der Waals surface area (Å²) in [5, 5.41) is 0. The Hall–Kier alpha value is -0.940. The van der Waals surface area contributed by atoms with Crippen molar-refractivity contribution in [1.82, 2.24) is 4.90 Å². The van der Waals surface area contributed by atoms with Crippen LogP contribution in [0.1, 0.15) is 17.4 Å². The average molecular weight is 254 g/mol. The summed E-state index contributed by atoms with van der Waals surface area (Å²) in [5.74, 6) is 2.61. The molecule has 2 atom stereocenters. The molecule has 1 saturated heterocycles. The van der Waals surface area contributed by atoms with E-state index in [1.165, 1.54) is 0 Å². The Labute approximate surface area is 106 Å². The summed E-state index contributed by atoms with van der Waals surface area (Å²) in [5.41, 5.74) is 6.08. The van der Waals surface area contributed by atoms with Crippen LogP contribution < -0.4 is 5.73 Å². The minimum absolute atomic E-state index is 0.0219. The fourth-order valence-corrected chi connectivity index (χ4v) is 2.63. The second-order valence-corrected chi connectivity index (χ2v) is 5.32. The lowest BCUT2D eigenvalue weighted by atomic mass is 10.0. The van der Waals surface area contributed by atoms with Crippen molar-refractivity contribution in [3.8, 4) is 0 Å². The van der Waals surface area contributed by atoms with E-state index in [2.05, 4.69) is 0 Å². The molecule has 2 N–H and O–H groups in total. The average Bonchev–Trinajstić information content (AvgIpc) is 2.85. The monoisotopic (exact) mass is 254 g/mol. The van der Waals surface area contributed by atoms with Gasteiger partial charge in [-0.3, -0.25) is 4.79 Å². The lowest BCUT2D eigenvalue weighted by Gasteiger charge is -2.14. The van der Waals surface area contributed by atoms with Crippen LogP contribution >= 0.6 is 11.8 Å². The summed E-state index contributed by atoms with van der Waals surface area (Å²) in [6, 6.07) is 3.88. The van der Waals surface area contributed by atoms with Gasteiger partial charge < -0.3 is 15.1 Å². The normalized spacial score (nSPS) is 24.3. The molecule has 1 aliphatic heterocycles. The Morgan fingerprint density at radius 1 is 1.59 bits per heavy atom. The van der Waals surface area contributed by atoms with Crippen molar-refractivity contribution in [3.05, 3.63) is 23.7 Å². The van der Waals surface area contributed by atoms with Crippen LogP contribution in [0.2, 0.25) is 0 Å². The highest BCUT2D eigenvalue weighted by molar-refractivity contribution is 7.99. The predicted octanol–water partition coefficient (Wildman–Crippen LogP) is 1.20. The zero-order chi connectivity index (χ0) is 12.4. The first-order valence-electron chi connectivity index (χ1n) is 5.70. The van der Waals surface area contributed by atoms with Crippen LogP contribution in [0.15, 0.2) is 16.5 Å². The number of amides is 1. The lowest BCUT2D eigenvalue weighted by molar-refractivity contribution is -0.127. The summed E-state index contributed by atoms with van der Waals surface area (Å²) < 4.78 is 5.60. The standard InChI is InChI=1S/C12H18N2O2S/c1-8-3-4-11(16-8)9-5-14(6-10(9)13)12(15)7-17-2/h3-4,9-10H,5-7,13H2,1-2H3/t9-,10-/m1/s1. The molecule has 1 aliphatic rings. The van der Waals surface area contributed by atoms with E-state index in [0.717, 1.165) is 11.5 Å². The van der Waals surface area contributed by atoms with Crippen LogP contribution in [0.3, 0.4) is 0 Å². The molecular weight excluding hydrogens is 236 g/mol. The number of likely N-dealkylation sites (tertiary alicyclic amines) is 1. The van der Waals surface area contributed by atoms with Crippen molar-refractivity contribution < 1.29 is 9.21 Å². The molecule has 1 aromatic rings. The summed E-state index contributed by atoms with van der Waals surface area (Å²) in [6.07, 6.45) is 1.93. The van der Waals surface area contributed by atoms with E-state index >= 15 is 0 Å². The Morgan fingerprint density at radius 2 is 2.35 bits per heavy atom. The molecule has 0 unspecified atom stereocenters. The van der Waals surface area contributed by atoms with Crippen molar-refractivity contribution >= 4 is 17.7 Å². The van der Waals surface area contributed by atoms with Crippen molar-refractivity contribution in [3.63, 3.8) is 0 Å². The zero-order valence-corrected chi connectivity index (χ0v) is 11.0. The summed E-state index contributed by atoms with van der Waals surface area (Å²) >= 11 is 1.54. The van der Waals surface area contributed by atoms with Crippen molar-refractivity contribution in [2.75, 3.05) is 25.1 Å². The maximum Gasteiger partial charge on any atom is 0.232 e. The second kappa shape index (κ2) is 5.14. The minimum Gasteiger partial charge on any atom is -0.466 e. The molecule has 0 aromatic carbocycles. The Morgan fingerprint density at radius 3 is 2.94 bits per heavy atom. The van der Waals surface area contributed by atoms with E-state index in [4.69, 9.17) is 10.2 Å². The second-order valence-electron chi connectivity index (χ2n) is 4.45. The third-order valence-corrected chi connectivity index (χ3v) is 3.65. The molecule has 0 saturated carbocycles. The van der Waals surface area contributed by atoms with Gasteiger partial charge in [0.1, 0.15) is 11.5 Å². The smallest absolute Gasteiger partial charge is 0.232 e. The van der Waals surface area contributed by atoms with Gasteiger partial charge in [0.15, 0.2) is 0 Å². The number of hydrogen-bond donors (Lipinski definition) is 1. The molecule has 0 bridgehead atoms. The maximum absolute atomic E-state index is 11.8. The molecule has 1 fully saturated rings. The first-order chi connectivity index (χ1) is 8.11. The predicted molar refractivity (Wildman–Crippen MR) is 69.1 cm³/mol. The molecule has 0 aliphatic carbocycles. The van der Waals surface area contributed by atoms with Gasteiger partial charge in [-0.25, -0.2) is 0 Å². The Kier molecular flexibility index (Phi) is 3.79. The Balaban J connectivity index is 2.05. The number of nitrogens with two attached hydrogens (primary N) is 1. The van der Waals surface area contributed by atoms with E-state index in [-0.39, 0.29) is 17.9 Å². The summed E-state index contributed by atoms with van der Waals surface area (Å²) in [6.45, 7) is 3.22. The van der Waals surface area contributed by atoms with Crippen LogP contribution in [0.25, 0.3) is 0 Å². The number of rotatable bonds is 3. The quantitative estimate of drug-likeness (QED) is 0.880. The molecule has 1 aromatic heterocycles. The van der Waals surface area contributed by atoms with Gasteiger partial charge in [-0.15, -0.1) is 0 Å². The van der Waals surface area contributed by atoms with E-state index in [1.807, 2.05) is 30.2 Å². The molecule has 94 valence electrons. The molecule has 0 radical (unpaired) electrons. The maximum atomic E-state index is 11.8. The topological polar surface area (TPSA) is 59.5 Å². The van der Waals surface area contributed by atoms with E-state index < -0.39 is 0 Å². The van der Waals surface area contributed by atoms with Gasteiger partial charge in [-0.1, -0.05) is 0 Å². The molecule has 2 rings (SSSR count). The molecule has 4 nitrogen and oxygen atoms in total.